The van der Waals surface area contributed by atoms with Crippen molar-refractivity contribution in [2.24, 2.45) is 5.92 Å². The first-order chi connectivity index (χ1) is 12.7. The number of hydrogen-bond donors (Lipinski definition) is 4. The molecule has 0 radical (unpaired) electrons. The van der Waals surface area contributed by atoms with Crippen molar-refractivity contribution in [2.75, 3.05) is 22.5 Å². The van der Waals surface area contributed by atoms with E-state index < -0.39 is 0 Å². The van der Waals surface area contributed by atoms with E-state index >= 15 is 0 Å². The maximum absolute atomic E-state index is 11.5. The molecular formula is C19H20N6O. The van der Waals surface area contributed by atoms with Gasteiger partial charge in [0.15, 0.2) is 0 Å². The molecule has 1 aliphatic heterocycles. The van der Waals surface area contributed by atoms with E-state index in [0.717, 1.165) is 52.7 Å². The standard InChI is InChI=1S/C19H20N6O/c26-16-6-3-12-9-13(4-5-15(12)23-16)22-19-24-17-14(7-8-20-17)18(25-19)21-10-11-1-2-11/h4-5,7-9,11H,1-3,6,10H2,(H,23,26)(H3,20,21,22,24,25). The summed E-state index contributed by atoms with van der Waals surface area (Å²) >= 11 is 0. The third-order valence-electron chi connectivity index (χ3n) is 4.93. The van der Waals surface area contributed by atoms with Gasteiger partial charge in [-0.1, -0.05) is 0 Å². The molecule has 2 aromatic heterocycles. The van der Waals surface area contributed by atoms with Crippen LogP contribution in [0.3, 0.4) is 0 Å². The van der Waals surface area contributed by atoms with Gasteiger partial charge in [-0.05, 0) is 55.0 Å². The molecule has 1 aliphatic carbocycles. The monoisotopic (exact) mass is 348 g/mol. The molecule has 7 heteroatoms. The molecule has 0 spiro atoms. The predicted octanol–water partition coefficient (Wildman–Crippen LogP) is 3.41. The number of amides is 1. The minimum absolute atomic E-state index is 0.0742. The van der Waals surface area contributed by atoms with Gasteiger partial charge in [0.1, 0.15) is 11.5 Å². The first-order valence-electron chi connectivity index (χ1n) is 9.03. The lowest BCUT2D eigenvalue weighted by Crippen LogP contribution is -2.18. The number of carbonyl (C=O) groups is 1. The third kappa shape index (κ3) is 2.96. The molecule has 0 unspecified atom stereocenters. The van der Waals surface area contributed by atoms with Crippen molar-refractivity contribution in [1.29, 1.82) is 0 Å². The van der Waals surface area contributed by atoms with E-state index in [-0.39, 0.29) is 5.91 Å². The fraction of sp³-hybridized carbons (Fsp3) is 0.316. The van der Waals surface area contributed by atoms with Crippen LogP contribution < -0.4 is 16.0 Å². The summed E-state index contributed by atoms with van der Waals surface area (Å²) in [5.41, 5.74) is 3.74. The average molecular weight is 348 g/mol. The smallest absolute Gasteiger partial charge is 0.231 e. The Hall–Kier alpha value is -3.09. The highest BCUT2D eigenvalue weighted by molar-refractivity contribution is 5.94. The van der Waals surface area contributed by atoms with Crippen LogP contribution in [0, 0.1) is 5.92 Å². The highest BCUT2D eigenvalue weighted by atomic mass is 16.1. The van der Waals surface area contributed by atoms with Crippen LogP contribution in [-0.2, 0) is 11.2 Å². The van der Waals surface area contributed by atoms with Crippen molar-refractivity contribution in [2.45, 2.75) is 25.7 Å². The molecule has 132 valence electrons. The number of aryl methyl sites for hydroxylation is 1. The molecule has 0 saturated heterocycles. The molecule has 1 aromatic carbocycles. The average Bonchev–Trinajstić information content (AvgIpc) is 3.35. The van der Waals surface area contributed by atoms with Crippen LogP contribution in [0.5, 0.6) is 0 Å². The van der Waals surface area contributed by atoms with Crippen LogP contribution in [0.15, 0.2) is 30.5 Å². The van der Waals surface area contributed by atoms with Gasteiger partial charge >= 0.3 is 0 Å². The topological polar surface area (TPSA) is 94.7 Å². The Morgan fingerprint density at radius 2 is 2.08 bits per heavy atom. The van der Waals surface area contributed by atoms with Gasteiger partial charge in [0.25, 0.3) is 0 Å². The van der Waals surface area contributed by atoms with E-state index in [9.17, 15) is 4.79 Å². The molecule has 1 amide bonds. The zero-order valence-corrected chi connectivity index (χ0v) is 14.3. The fourth-order valence-corrected chi connectivity index (χ4v) is 3.29. The molecular weight excluding hydrogens is 328 g/mol. The summed E-state index contributed by atoms with van der Waals surface area (Å²) in [5.74, 6) is 2.25. The summed E-state index contributed by atoms with van der Waals surface area (Å²) in [7, 11) is 0. The molecule has 2 aliphatic rings. The quantitative estimate of drug-likeness (QED) is 0.567. The van der Waals surface area contributed by atoms with Crippen molar-refractivity contribution in [3.05, 3.63) is 36.0 Å². The van der Waals surface area contributed by atoms with E-state index in [1.54, 1.807) is 0 Å². The number of fused-ring (bicyclic) bond motifs is 2. The molecule has 5 rings (SSSR count). The second kappa shape index (κ2) is 6.01. The highest BCUT2D eigenvalue weighted by Gasteiger charge is 2.21. The lowest BCUT2D eigenvalue weighted by atomic mass is 10.0. The summed E-state index contributed by atoms with van der Waals surface area (Å²) in [6.07, 6.45) is 5.75. The SMILES string of the molecule is O=C1CCc2cc(Nc3nc(NCC4CC4)c4cc[nH]c4n3)ccc2N1. The van der Waals surface area contributed by atoms with Crippen molar-refractivity contribution < 1.29 is 4.79 Å². The van der Waals surface area contributed by atoms with Crippen molar-refractivity contribution in [3.8, 4) is 0 Å². The number of aromatic nitrogens is 3. The van der Waals surface area contributed by atoms with E-state index in [1.807, 2.05) is 30.5 Å². The Kier molecular flexibility index (Phi) is 3.51. The number of benzene rings is 1. The minimum atomic E-state index is 0.0742. The first kappa shape index (κ1) is 15.2. The Bertz CT molecular complexity index is 991. The normalized spacial score (nSPS) is 16.2. The number of H-pyrrole nitrogens is 1. The number of aromatic amines is 1. The Morgan fingerprint density at radius 3 is 2.96 bits per heavy atom. The summed E-state index contributed by atoms with van der Waals surface area (Å²) < 4.78 is 0. The van der Waals surface area contributed by atoms with Gasteiger partial charge in [-0.15, -0.1) is 0 Å². The second-order valence-electron chi connectivity index (χ2n) is 7.01. The lowest BCUT2D eigenvalue weighted by molar-refractivity contribution is -0.116. The van der Waals surface area contributed by atoms with Crippen LogP contribution in [0.2, 0.25) is 0 Å². The zero-order chi connectivity index (χ0) is 17.5. The molecule has 4 N–H and O–H groups in total. The van der Waals surface area contributed by atoms with Gasteiger partial charge in [-0.3, -0.25) is 4.79 Å². The summed E-state index contributed by atoms with van der Waals surface area (Å²) in [5, 5.41) is 10.7. The maximum atomic E-state index is 11.5. The molecule has 0 bridgehead atoms. The van der Waals surface area contributed by atoms with Crippen molar-refractivity contribution >= 4 is 40.1 Å². The Labute approximate surface area is 150 Å². The number of anilines is 4. The molecule has 3 aromatic rings. The Morgan fingerprint density at radius 1 is 1.15 bits per heavy atom. The second-order valence-corrected chi connectivity index (χ2v) is 7.01. The molecule has 1 fully saturated rings. The maximum Gasteiger partial charge on any atom is 0.231 e. The third-order valence-corrected chi connectivity index (χ3v) is 4.93. The number of nitrogens with zero attached hydrogens (tertiary/aromatic N) is 2. The van der Waals surface area contributed by atoms with Gasteiger partial charge in [0.2, 0.25) is 11.9 Å². The summed E-state index contributed by atoms with van der Waals surface area (Å²) in [6, 6.07) is 7.91. The largest absolute Gasteiger partial charge is 0.369 e. The van der Waals surface area contributed by atoms with Crippen LogP contribution in [0.4, 0.5) is 23.1 Å². The molecule has 1 saturated carbocycles. The molecule has 3 heterocycles. The van der Waals surface area contributed by atoms with Gasteiger partial charge in [0, 0.05) is 30.5 Å². The van der Waals surface area contributed by atoms with Crippen molar-refractivity contribution in [1.82, 2.24) is 15.0 Å². The van der Waals surface area contributed by atoms with Crippen molar-refractivity contribution in [3.63, 3.8) is 0 Å². The van der Waals surface area contributed by atoms with Gasteiger partial charge < -0.3 is 20.9 Å². The van der Waals surface area contributed by atoms with E-state index in [1.165, 1.54) is 12.8 Å². The van der Waals surface area contributed by atoms with E-state index in [2.05, 4.69) is 30.9 Å². The van der Waals surface area contributed by atoms with Crippen LogP contribution >= 0.6 is 0 Å². The Balaban J connectivity index is 1.42. The first-order valence-corrected chi connectivity index (χ1v) is 9.03. The zero-order valence-electron chi connectivity index (χ0n) is 14.3. The molecule has 26 heavy (non-hydrogen) atoms. The van der Waals surface area contributed by atoms with Gasteiger partial charge in [-0.25, -0.2) is 0 Å². The van der Waals surface area contributed by atoms with E-state index in [4.69, 9.17) is 0 Å². The number of carbonyl (C=O) groups excluding carboxylic acids is 1. The number of hydrogen-bond acceptors (Lipinski definition) is 5. The number of rotatable bonds is 5. The highest BCUT2D eigenvalue weighted by Crippen LogP contribution is 2.31. The van der Waals surface area contributed by atoms with Gasteiger partial charge in [0.05, 0.1) is 5.39 Å². The lowest BCUT2D eigenvalue weighted by Gasteiger charge is -2.18. The van der Waals surface area contributed by atoms with Crippen LogP contribution in [0.25, 0.3) is 11.0 Å². The molecule has 0 atom stereocenters. The summed E-state index contributed by atoms with van der Waals surface area (Å²) in [4.78, 5) is 23.9. The predicted molar refractivity (Wildman–Crippen MR) is 102 cm³/mol. The van der Waals surface area contributed by atoms with Crippen LogP contribution in [0.1, 0.15) is 24.8 Å². The summed E-state index contributed by atoms with van der Waals surface area (Å²) in [6.45, 7) is 0.954. The van der Waals surface area contributed by atoms with E-state index in [0.29, 0.717) is 12.4 Å². The van der Waals surface area contributed by atoms with Crippen LogP contribution in [-0.4, -0.2) is 27.4 Å². The minimum Gasteiger partial charge on any atom is -0.369 e. The fourth-order valence-electron chi connectivity index (χ4n) is 3.29. The van der Waals surface area contributed by atoms with Gasteiger partial charge in [-0.2, -0.15) is 9.97 Å². The molecule has 7 nitrogen and oxygen atoms in total. The number of nitrogens with one attached hydrogen (secondary N) is 4.